The fourth-order valence-corrected chi connectivity index (χ4v) is 0.824. The largest absolute Gasteiger partial charge is 0.480 e. The number of carboxylic acids is 1. The van der Waals surface area contributed by atoms with Crippen molar-refractivity contribution in [3.05, 3.63) is 0 Å². The fraction of sp³-hybridized carbons (Fsp3) is 0.857. The number of hydrogen-bond donors (Lipinski definition) is 4. The van der Waals surface area contributed by atoms with Gasteiger partial charge in [-0.3, -0.25) is 10.6 Å². The van der Waals surface area contributed by atoms with Crippen molar-refractivity contribution in [1.82, 2.24) is 5.43 Å². The van der Waals surface area contributed by atoms with Gasteiger partial charge in [0.25, 0.3) is 0 Å². The number of aliphatic hydroxyl groups excluding tert-OH is 1. The number of rotatable bonds is 5. The van der Waals surface area contributed by atoms with Crippen LogP contribution in [0.15, 0.2) is 0 Å². The topological polar surface area (TPSA) is 95.6 Å². The first-order valence-electron chi connectivity index (χ1n) is 3.85. The molecule has 0 heterocycles. The average Bonchev–Trinajstić information content (AvgIpc) is 2.03. The Morgan fingerprint density at radius 1 is 1.75 bits per heavy atom. The van der Waals surface area contributed by atoms with Crippen molar-refractivity contribution in [3.63, 3.8) is 0 Å². The van der Waals surface area contributed by atoms with Crippen molar-refractivity contribution < 1.29 is 15.0 Å². The second kappa shape index (κ2) is 4.39. The summed E-state index contributed by atoms with van der Waals surface area (Å²) in [6.07, 6.45) is -0.0120. The molecule has 0 aliphatic carbocycles. The van der Waals surface area contributed by atoms with Gasteiger partial charge in [0.2, 0.25) is 0 Å². The van der Waals surface area contributed by atoms with Gasteiger partial charge in [0.15, 0.2) is 0 Å². The molecule has 0 aromatic carbocycles. The number of carboxylic acid groups (broad SMARTS) is 1. The second-order valence-electron chi connectivity index (χ2n) is 3.05. The summed E-state index contributed by atoms with van der Waals surface area (Å²) in [6, 6.07) is 0. The summed E-state index contributed by atoms with van der Waals surface area (Å²) < 4.78 is 0. The van der Waals surface area contributed by atoms with E-state index < -0.39 is 17.6 Å². The van der Waals surface area contributed by atoms with Gasteiger partial charge in [-0.2, -0.15) is 0 Å². The number of carbonyl (C=O) groups is 1. The van der Waals surface area contributed by atoms with Gasteiger partial charge in [-0.1, -0.05) is 6.92 Å². The molecule has 0 amide bonds. The van der Waals surface area contributed by atoms with E-state index in [0.29, 0.717) is 6.42 Å². The Morgan fingerprint density at radius 2 is 2.25 bits per heavy atom. The van der Waals surface area contributed by atoms with Gasteiger partial charge in [0.1, 0.15) is 5.54 Å². The number of aliphatic carboxylic acids is 1. The van der Waals surface area contributed by atoms with Crippen LogP contribution >= 0.6 is 0 Å². The Balaban J connectivity index is 4.23. The number of hydrogen-bond acceptors (Lipinski definition) is 4. The quantitative estimate of drug-likeness (QED) is 0.333. The zero-order valence-corrected chi connectivity index (χ0v) is 7.37. The fourth-order valence-electron chi connectivity index (χ4n) is 0.824. The summed E-state index contributed by atoms with van der Waals surface area (Å²) in [7, 11) is 0. The molecule has 12 heavy (non-hydrogen) atoms. The molecule has 0 rings (SSSR count). The summed E-state index contributed by atoms with van der Waals surface area (Å²) in [6.45, 7) is 3.22. The molecule has 0 spiro atoms. The van der Waals surface area contributed by atoms with Crippen LogP contribution < -0.4 is 11.3 Å². The average molecular weight is 176 g/mol. The van der Waals surface area contributed by atoms with E-state index in [1.807, 2.05) is 0 Å². The molecule has 0 radical (unpaired) electrons. The Bertz CT molecular complexity index is 163. The summed E-state index contributed by atoms with van der Waals surface area (Å²) in [5.74, 6) is 4.01. The maximum absolute atomic E-state index is 10.7. The van der Waals surface area contributed by atoms with Crippen molar-refractivity contribution in [3.8, 4) is 0 Å². The van der Waals surface area contributed by atoms with Crippen LogP contribution in [0.4, 0.5) is 0 Å². The lowest BCUT2D eigenvalue weighted by atomic mass is 9.94. The Morgan fingerprint density at radius 3 is 2.50 bits per heavy atom. The zero-order valence-electron chi connectivity index (χ0n) is 7.37. The van der Waals surface area contributed by atoms with Crippen molar-refractivity contribution in [2.75, 3.05) is 0 Å². The van der Waals surface area contributed by atoms with Crippen molar-refractivity contribution in [1.29, 1.82) is 0 Å². The van der Waals surface area contributed by atoms with Crippen molar-refractivity contribution >= 4 is 5.97 Å². The third-order valence-electron chi connectivity index (χ3n) is 1.91. The summed E-state index contributed by atoms with van der Waals surface area (Å²) in [5, 5.41) is 17.9. The first kappa shape index (κ1) is 11.4. The summed E-state index contributed by atoms with van der Waals surface area (Å²) >= 11 is 0. The van der Waals surface area contributed by atoms with Crippen LogP contribution in [0.1, 0.15) is 26.7 Å². The third kappa shape index (κ3) is 2.77. The lowest BCUT2D eigenvalue weighted by Gasteiger charge is -2.25. The van der Waals surface area contributed by atoms with Gasteiger partial charge >= 0.3 is 5.97 Å². The second-order valence-corrected chi connectivity index (χ2v) is 3.05. The smallest absolute Gasteiger partial charge is 0.325 e. The summed E-state index contributed by atoms with van der Waals surface area (Å²) in [5.41, 5.74) is 0.943. The third-order valence-corrected chi connectivity index (χ3v) is 1.91. The van der Waals surface area contributed by atoms with Gasteiger partial charge in [-0.05, 0) is 13.3 Å². The number of nitrogens with two attached hydrogens (primary N) is 1. The molecule has 0 aromatic heterocycles. The highest BCUT2D eigenvalue weighted by atomic mass is 16.4. The van der Waals surface area contributed by atoms with Gasteiger partial charge in [0.05, 0.1) is 6.10 Å². The van der Waals surface area contributed by atoms with Crippen LogP contribution in [0.3, 0.4) is 0 Å². The predicted octanol–water partition coefficient (Wildman–Crippen LogP) is -0.546. The molecule has 5 N–H and O–H groups in total. The maximum atomic E-state index is 10.7. The molecule has 72 valence electrons. The van der Waals surface area contributed by atoms with Crippen LogP contribution in [0.5, 0.6) is 0 Å². The van der Waals surface area contributed by atoms with Gasteiger partial charge in [0, 0.05) is 6.42 Å². The standard InChI is InChI=1S/C7H16N2O3/c1-3-5(10)4-7(2,9-8)6(11)12/h5,9-10H,3-4,8H2,1-2H3,(H,11,12). The Hall–Kier alpha value is -0.650. The minimum absolute atomic E-state index is 0.106. The first-order valence-corrected chi connectivity index (χ1v) is 3.85. The molecular weight excluding hydrogens is 160 g/mol. The van der Waals surface area contributed by atoms with Crippen molar-refractivity contribution in [2.24, 2.45) is 5.84 Å². The molecule has 0 aliphatic heterocycles. The first-order chi connectivity index (χ1) is 5.46. The highest BCUT2D eigenvalue weighted by molar-refractivity contribution is 5.78. The molecule has 0 saturated carbocycles. The minimum Gasteiger partial charge on any atom is -0.480 e. The van der Waals surface area contributed by atoms with E-state index in [-0.39, 0.29) is 6.42 Å². The van der Waals surface area contributed by atoms with E-state index in [2.05, 4.69) is 5.43 Å². The highest BCUT2D eigenvalue weighted by Crippen LogP contribution is 2.13. The lowest BCUT2D eigenvalue weighted by molar-refractivity contribution is -0.145. The maximum Gasteiger partial charge on any atom is 0.325 e. The van der Waals surface area contributed by atoms with Crippen LogP contribution in [0, 0.1) is 0 Å². The molecule has 5 nitrogen and oxygen atoms in total. The van der Waals surface area contributed by atoms with E-state index in [0.717, 1.165) is 0 Å². The highest BCUT2D eigenvalue weighted by Gasteiger charge is 2.33. The predicted molar refractivity (Wildman–Crippen MR) is 44.3 cm³/mol. The van der Waals surface area contributed by atoms with E-state index in [1.54, 1.807) is 6.92 Å². The Kier molecular flexibility index (Phi) is 4.16. The number of nitrogens with one attached hydrogen (secondary N) is 1. The van der Waals surface area contributed by atoms with Crippen LogP contribution in [0.25, 0.3) is 0 Å². The van der Waals surface area contributed by atoms with E-state index in [9.17, 15) is 9.90 Å². The van der Waals surface area contributed by atoms with E-state index in [4.69, 9.17) is 10.9 Å². The molecule has 0 aliphatic rings. The molecular formula is C7H16N2O3. The molecule has 0 saturated heterocycles. The number of hydrazine groups is 1. The molecule has 0 bridgehead atoms. The SMILES string of the molecule is CCC(O)CC(C)(NN)C(=O)O. The van der Waals surface area contributed by atoms with Crippen LogP contribution in [-0.2, 0) is 4.79 Å². The normalized spacial score (nSPS) is 18.3. The van der Waals surface area contributed by atoms with Crippen LogP contribution in [0.2, 0.25) is 0 Å². The van der Waals surface area contributed by atoms with Gasteiger partial charge in [-0.15, -0.1) is 0 Å². The summed E-state index contributed by atoms with van der Waals surface area (Å²) in [4.78, 5) is 10.7. The monoisotopic (exact) mass is 176 g/mol. The Labute approximate surface area is 71.5 Å². The molecule has 2 atom stereocenters. The molecule has 0 fully saturated rings. The molecule has 5 heteroatoms. The van der Waals surface area contributed by atoms with Crippen molar-refractivity contribution in [2.45, 2.75) is 38.3 Å². The number of aliphatic hydroxyl groups is 1. The van der Waals surface area contributed by atoms with Gasteiger partial charge < -0.3 is 10.2 Å². The van der Waals surface area contributed by atoms with Crippen LogP contribution in [-0.4, -0.2) is 27.8 Å². The van der Waals surface area contributed by atoms with E-state index in [1.165, 1.54) is 6.92 Å². The molecule has 2 unspecified atom stereocenters. The molecule has 0 aromatic rings. The zero-order chi connectivity index (χ0) is 9.78. The van der Waals surface area contributed by atoms with Gasteiger partial charge in [-0.25, -0.2) is 5.43 Å². The van der Waals surface area contributed by atoms with E-state index >= 15 is 0 Å². The lowest BCUT2D eigenvalue weighted by Crippen LogP contribution is -2.54. The minimum atomic E-state index is -1.24.